The molecule has 1 aromatic rings. The van der Waals surface area contributed by atoms with Gasteiger partial charge in [-0.25, -0.2) is 4.79 Å². The topological polar surface area (TPSA) is 92.6 Å². The fraction of sp³-hybridized carbons (Fsp3) is 0.441. The van der Waals surface area contributed by atoms with Gasteiger partial charge in [0.1, 0.15) is 18.1 Å². The highest BCUT2D eigenvalue weighted by atomic mass is 16.6. The second-order valence-corrected chi connectivity index (χ2v) is 8.27. The average molecular weight is 584 g/mol. The Morgan fingerprint density at radius 3 is 2.43 bits per heavy atom. The van der Waals surface area contributed by atoms with Crippen LogP contribution in [0.3, 0.4) is 0 Å². The van der Waals surface area contributed by atoms with E-state index in [9.17, 15) is 9.59 Å². The Morgan fingerprint density at radius 1 is 1.07 bits per heavy atom. The molecule has 0 fully saturated rings. The number of ether oxygens (including phenoxy) is 5. The summed E-state index contributed by atoms with van der Waals surface area (Å²) in [5, 5.41) is 0. The number of benzene rings is 1. The lowest BCUT2D eigenvalue weighted by atomic mass is 10.1. The van der Waals surface area contributed by atoms with Crippen molar-refractivity contribution in [3.05, 3.63) is 91.4 Å². The molecule has 1 aliphatic carbocycles. The summed E-state index contributed by atoms with van der Waals surface area (Å²) in [6.45, 7) is 16.1. The summed E-state index contributed by atoms with van der Waals surface area (Å²) in [4.78, 5) is 28.1. The first-order valence-corrected chi connectivity index (χ1v) is 14.5. The van der Waals surface area contributed by atoms with Gasteiger partial charge < -0.3 is 23.7 Å². The van der Waals surface area contributed by atoms with Crippen LogP contribution in [0, 0.1) is 0 Å². The number of methoxy groups -OCH3 is 2. The minimum absolute atomic E-state index is 0.0329. The van der Waals surface area contributed by atoms with Gasteiger partial charge in [-0.05, 0) is 43.6 Å². The van der Waals surface area contributed by atoms with E-state index in [4.69, 9.17) is 18.9 Å². The smallest absolute Gasteiger partial charge is 0.347 e. The molecule has 2 unspecified atom stereocenters. The quantitative estimate of drug-likeness (QED) is 0.0813. The molecule has 0 aromatic heterocycles. The van der Waals surface area contributed by atoms with Crippen molar-refractivity contribution < 1.29 is 33.3 Å². The van der Waals surface area contributed by atoms with Gasteiger partial charge in [0.05, 0.1) is 32.6 Å². The van der Waals surface area contributed by atoms with Gasteiger partial charge in [-0.15, -0.1) is 6.58 Å². The van der Waals surface area contributed by atoms with Gasteiger partial charge in [-0.2, -0.15) is 0 Å². The maximum Gasteiger partial charge on any atom is 0.347 e. The Labute approximate surface area is 252 Å². The van der Waals surface area contributed by atoms with E-state index in [0.29, 0.717) is 18.8 Å². The van der Waals surface area contributed by atoms with E-state index in [1.54, 1.807) is 24.4 Å². The molecule has 0 N–H and O–H groups in total. The standard InChI is InChI=1S/C30H37NO7.2C2H6/c1-5-7-8-11-20-31-24(6-2)22-37-26-16-14-25(15-17-26)36-21-23-12-9-10-13-27(23)38-28(30(33)35-4)18-19-29(32)34-3;2*1-2/h5-6,9-14,16-17,20,25,28H,1-2,7-8,15,18-19,21-22H2,3-4H3;2*1-2H3/b20-11+,31-24?;;. The largest absolute Gasteiger partial charge is 0.488 e. The zero-order valence-corrected chi connectivity index (χ0v) is 26.2. The first-order chi connectivity index (χ1) is 20.5. The molecule has 0 spiro atoms. The molecule has 0 bridgehead atoms. The van der Waals surface area contributed by atoms with E-state index < -0.39 is 18.0 Å². The van der Waals surface area contributed by atoms with E-state index >= 15 is 0 Å². The number of carbonyl (C=O) groups excluding carboxylic acids is 2. The number of hydrogen-bond acceptors (Lipinski definition) is 8. The lowest BCUT2D eigenvalue weighted by molar-refractivity contribution is -0.150. The lowest BCUT2D eigenvalue weighted by Crippen LogP contribution is -2.30. The van der Waals surface area contributed by atoms with Crippen molar-refractivity contribution in [3.63, 3.8) is 0 Å². The molecule has 0 heterocycles. The van der Waals surface area contributed by atoms with Crippen molar-refractivity contribution in [3.8, 4) is 5.75 Å². The normalized spacial score (nSPS) is 14.7. The molecule has 0 saturated carbocycles. The summed E-state index contributed by atoms with van der Waals surface area (Å²) in [6.07, 6.45) is 14.6. The Hall–Kier alpha value is -3.91. The monoisotopic (exact) mass is 583 g/mol. The lowest BCUT2D eigenvalue weighted by Gasteiger charge is -2.21. The molecule has 232 valence electrons. The van der Waals surface area contributed by atoms with Crippen LogP contribution in [0.1, 0.15) is 65.4 Å². The highest BCUT2D eigenvalue weighted by molar-refractivity contribution is 5.96. The van der Waals surface area contributed by atoms with Crippen LogP contribution in [0.4, 0.5) is 0 Å². The molecule has 8 heteroatoms. The Balaban J connectivity index is 0.00000402. The summed E-state index contributed by atoms with van der Waals surface area (Å²) in [5.74, 6) is 0.238. The number of hydrogen-bond donors (Lipinski definition) is 0. The van der Waals surface area contributed by atoms with Gasteiger partial charge in [0.15, 0.2) is 6.10 Å². The van der Waals surface area contributed by atoms with E-state index in [1.165, 1.54) is 14.2 Å². The third-order valence-corrected chi connectivity index (χ3v) is 5.53. The predicted octanol–water partition coefficient (Wildman–Crippen LogP) is 7.47. The Kier molecular flexibility index (Phi) is 22.5. The van der Waals surface area contributed by atoms with Crippen molar-refractivity contribution in [2.75, 3.05) is 20.8 Å². The number of aliphatic imine (C=N–C) groups is 1. The van der Waals surface area contributed by atoms with Crippen LogP contribution in [-0.2, 0) is 35.1 Å². The first-order valence-electron chi connectivity index (χ1n) is 14.5. The number of nitrogens with zero attached hydrogens (tertiary/aromatic N) is 1. The third-order valence-electron chi connectivity index (χ3n) is 5.53. The summed E-state index contributed by atoms with van der Waals surface area (Å²) in [5.41, 5.74) is 1.51. The number of carbonyl (C=O) groups is 2. The predicted molar refractivity (Wildman–Crippen MR) is 169 cm³/mol. The van der Waals surface area contributed by atoms with E-state index in [-0.39, 0.29) is 25.6 Å². The van der Waals surface area contributed by atoms with Gasteiger partial charge in [0.25, 0.3) is 0 Å². The summed E-state index contributed by atoms with van der Waals surface area (Å²) in [6, 6.07) is 7.28. The molecule has 0 saturated heterocycles. The zero-order valence-electron chi connectivity index (χ0n) is 26.2. The second kappa shape index (κ2) is 24.9. The molecular weight excluding hydrogens is 534 g/mol. The second-order valence-electron chi connectivity index (χ2n) is 8.27. The first kappa shape index (κ1) is 38.1. The Bertz CT molecular complexity index is 1060. The van der Waals surface area contributed by atoms with Crippen LogP contribution >= 0.6 is 0 Å². The minimum Gasteiger partial charge on any atom is -0.488 e. The Morgan fingerprint density at radius 2 is 1.81 bits per heavy atom. The van der Waals surface area contributed by atoms with E-state index in [2.05, 4.69) is 22.9 Å². The van der Waals surface area contributed by atoms with Gasteiger partial charge in [0, 0.05) is 24.6 Å². The van der Waals surface area contributed by atoms with Crippen molar-refractivity contribution in [2.24, 2.45) is 4.99 Å². The van der Waals surface area contributed by atoms with Crippen LogP contribution in [0.15, 0.2) is 90.8 Å². The van der Waals surface area contributed by atoms with Crippen LogP contribution in [-0.4, -0.2) is 50.7 Å². The number of unbranched alkanes of at least 4 members (excludes halogenated alkanes) is 1. The average Bonchev–Trinajstić information content (AvgIpc) is 3.05. The van der Waals surface area contributed by atoms with Crippen molar-refractivity contribution in [1.29, 1.82) is 0 Å². The molecule has 0 amide bonds. The minimum atomic E-state index is -0.941. The molecule has 2 rings (SSSR count). The summed E-state index contributed by atoms with van der Waals surface area (Å²) in [7, 11) is 2.58. The van der Waals surface area contributed by atoms with E-state index in [1.807, 2.05) is 70.2 Å². The maximum atomic E-state index is 12.2. The molecule has 42 heavy (non-hydrogen) atoms. The van der Waals surface area contributed by atoms with Gasteiger partial charge in [-0.1, -0.05) is 70.7 Å². The number of allylic oxidation sites excluding steroid dienone is 3. The van der Waals surface area contributed by atoms with Gasteiger partial charge >= 0.3 is 11.9 Å². The SMILES string of the molecule is C=CCC/C=C/N=C(C=C)COC1=CCC(OCc2ccccc2OC(CCC(=O)OC)C(=O)OC)C=C1.CC.CC. The molecule has 2 atom stereocenters. The number of esters is 2. The molecular formula is C34H49NO7. The fourth-order valence-corrected chi connectivity index (χ4v) is 3.35. The molecule has 8 nitrogen and oxygen atoms in total. The van der Waals surface area contributed by atoms with Crippen LogP contribution in [0.2, 0.25) is 0 Å². The molecule has 1 aliphatic rings. The maximum absolute atomic E-state index is 12.2. The summed E-state index contributed by atoms with van der Waals surface area (Å²) < 4.78 is 27.3. The van der Waals surface area contributed by atoms with E-state index in [0.717, 1.165) is 29.9 Å². The van der Waals surface area contributed by atoms with Crippen molar-refractivity contribution >= 4 is 17.7 Å². The van der Waals surface area contributed by atoms with Crippen LogP contribution < -0.4 is 4.74 Å². The van der Waals surface area contributed by atoms with Crippen LogP contribution in [0.5, 0.6) is 5.75 Å². The van der Waals surface area contributed by atoms with Gasteiger partial charge in [-0.3, -0.25) is 9.79 Å². The van der Waals surface area contributed by atoms with Crippen molar-refractivity contribution in [1.82, 2.24) is 0 Å². The zero-order chi connectivity index (χ0) is 31.6. The number of rotatable bonds is 17. The molecule has 0 radical (unpaired) electrons. The summed E-state index contributed by atoms with van der Waals surface area (Å²) >= 11 is 0. The highest BCUT2D eigenvalue weighted by Gasteiger charge is 2.24. The van der Waals surface area contributed by atoms with Crippen molar-refractivity contribution in [2.45, 2.75) is 78.6 Å². The number of para-hydroxylation sites is 1. The van der Waals surface area contributed by atoms with Gasteiger partial charge in [0.2, 0.25) is 0 Å². The highest BCUT2D eigenvalue weighted by Crippen LogP contribution is 2.24. The fourth-order valence-electron chi connectivity index (χ4n) is 3.35. The third kappa shape index (κ3) is 15.8. The van der Waals surface area contributed by atoms with Crippen LogP contribution in [0.25, 0.3) is 0 Å². The molecule has 1 aromatic carbocycles. The molecule has 0 aliphatic heterocycles.